The number of para-hydroxylation sites is 1. The van der Waals surface area contributed by atoms with Gasteiger partial charge >= 0.3 is 0 Å². The van der Waals surface area contributed by atoms with Crippen LogP contribution < -0.4 is 5.56 Å². The van der Waals surface area contributed by atoms with Crippen LogP contribution in [0, 0.1) is 19.8 Å². The third-order valence-electron chi connectivity index (χ3n) is 6.22. The van der Waals surface area contributed by atoms with Gasteiger partial charge in [-0.1, -0.05) is 29.3 Å². The van der Waals surface area contributed by atoms with Crippen LogP contribution in [0.2, 0.25) is 0 Å². The number of piperidine rings is 1. The Morgan fingerprint density at radius 3 is 2.61 bits per heavy atom. The molecule has 1 aliphatic heterocycles. The van der Waals surface area contributed by atoms with Crippen molar-refractivity contribution in [2.24, 2.45) is 5.92 Å². The van der Waals surface area contributed by atoms with Crippen LogP contribution in [0.25, 0.3) is 10.9 Å². The number of likely N-dealkylation sites (tertiary alicyclic amines) is 1. The molecular formula is C26H30N4O3. The lowest BCUT2D eigenvalue weighted by atomic mass is 9.95. The van der Waals surface area contributed by atoms with Gasteiger partial charge in [-0.3, -0.25) is 14.4 Å². The molecule has 3 aromatic rings. The molecule has 172 valence electrons. The number of hydrogen-bond acceptors (Lipinski definition) is 4. The van der Waals surface area contributed by atoms with Crippen LogP contribution in [-0.2, 0) is 11.3 Å². The van der Waals surface area contributed by atoms with E-state index in [0.717, 1.165) is 24.0 Å². The van der Waals surface area contributed by atoms with Crippen molar-refractivity contribution < 1.29 is 9.59 Å². The Kier molecular flexibility index (Phi) is 6.58. The van der Waals surface area contributed by atoms with Gasteiger partial charge in [0.15, 0.2) is 0 Å². The van der Waals surface area contributed by atoms with E-state index in [4.69, 9.17) is 0 Å². The van der Waals surface area contributed by atoms with E-state index >= 15 is 0 Å². The Bertz CT molecular complexity index is 1230. The van der Waals surface area contributed by atoms with E-state index in [1.165, 1.54) is 0 Å². The highest BCUT2D eigenvalue weighted by Crippen LogP contribution is 2.22. The number of nitrogens with one attached hydrogen (secondary N) is 1. The summed E-state index contributed by atoms with van der Waals surface area (Å²) in [6.07, 6.45) is 1.53. The van der Waals surface area contributed by atoms with Gasteiger partial charge in [-0.25, -0.2) is 4.98 Å². The molecule has 1 aromatic heterocycles. The number of aromatic nitrogens is 2. The standard InChI is InChI=1S/C26H30N4O3/c1-4-29(16-23-27-22-10-6-5-9-21(22)24(31)28-23)25(32)19-8-7-11-30(15-19)26(33)20-13-17(2)12-18(3)14-20/h5-6,9-10,12-14,19H,4,7-8,11,15-16H2,1-3H3,(H,27,28,31). The number of H-pyrrole nitrogens is 1. The minimum Gasteiger partial charge on any atom is -0.338 e. The summed E-state index contributed by atoms with van der Waals surface area (Å²) in [4.78, 5) is 49.7. The van der Waals surface area contributed by atoms with E-state index in [1.54, 1.807) is 28.0 Å². The number of nitrogens with zero attached hydrogens (tertiary/aromatic N) is 3. The molecule has 2 aromatic carbocycles. The molecule has 2 amide bonds. The van der Waals surface area contributed by atoms with Gasteiger partial charge in [0.2, 0.25) is 5.91 Å². The summed E-state index contributed by atoms with van der Waals surface area (Å²) in [6, 6.07) is 13.0. The number of benzene rings is 2. The average Bonchev–Trinajstić information content (AvgIpc) is 2.81. The molecule has 1 saturated heterocycles. The largest absolute Gasteiger partial charge is 0.338 e. The van der Waals surface area contributed by atoms with Gasteiger partial charge in [-0.15, -0.1) is 0 Å². The lowest BCUT2D eigenvalue weighted by Gasteiger charge is -2.34. The van der Waals surface area contributed by atoms with Gasteiger partial charge in [0.25, 0.3) is 11.5 Å². The first-order chi connectivity index (χ1) is 15.9. The molecule has 1 atom stereocenters. The molecule has 0 radical (unpaired) electrons. The number of aryl methyl sites for hydroxylation is 2. The molecule has 0 spiro atoms. The lowest BCUT2D eigenvalue weighted by Crippen LogP contribution is -2.46. The van der Waals surface area contributed by atoms with Gasteiger partial charge < -0.3 is 14.8 Å². The SMILES string of the molecule is CCN(Cc1nc2ccccc2c(=O)[nH]1)C(=O)C1CCCN(C(=O)c2cc(C)cc(C)c2)C1. The van der Waals surface area contributed by atoms with E-state index in [9.17, 15) is 14.4 Å². The van der Waals surface area contributed by atoms with Crippen LogP contribution in [0.5, 0.6) is 0 Å². The summed E-state index contributed by atoms with van der Waals surface area (Å²) in [5.74, 6) is 0.169. The van der Waals surface area contributed by atoms with Crippen molar-refractivity contribution in [3.63, 3.8) is 0 Å². The monoisotopic (exact) mass is 446 g/mol. The van der Waals surface area contributed by atoms with E-state index in [1.807, 2.05) is 45.0 Å². The predicted molar refractivity (Wildman–Crippen MR) is 128 cm³/mol. The first-order valence-corrected chi connectivity index (χ1v) is 11.5. The van der Waals surface area contributed by atoms with Crippen LogP contribution in [-0.4, -0.2) is 51.2 Å². The Labute approximate surface area is 193 Å². The molecule has 1 aliphatic rings. The average molecular weight is 447 g/mol. The van der Waals surface area contributed by atoms with Crippen molar-refractivity contribution in [2.75, 3.05) is 19.6 Å². The van der Waals surface area contributed by atoms with E-state index in [2.05, 4.69) is 9.97 Å². The molecule has 33 heavy (non-hydrogen) atoms. The smallest absolute Gasteiger partial charge is 0.258 e. The van der Waals surface area contributed by atoms with Crippen LogP contribution in [0.4, 0.5) is 0 Å². The summed E-state index contributed by atoms with van der Waals surface area (Å²) in [5, 5.41) is 0.531. The number of aromatic amines is 1. The van der Waals surface area contributed by atoms with Gasteiger partial charge in [0, 0.05) is 25.2 Å². The van der Waals surface area contributed by atoms with Gasteiger partial charge in [-0.05, 0) is 57.9 Å². The maximum absolute atomic E-state index is 13.4. The molecule has 1 unspecified atom stereocenters. The summed E-state index contributed by atoms with van der Waals surface area (Å²) in [5.41, 5.74) is 3.18. The Balaban J connectivity index is 1.49. The zero-order valence-corrected chi connectivity index (χ0v) is 19.4. The molecule has 0 saturated carbocycles. The number of carbonyl (C=O) groups excluding carboxylic acids is 2. The Morgan fingerprint density at radius 1 is 1.15 bits per heavy atom. The molecule has 1 N–H and O–H groups in total. The van der Waals surface area contributed by atoms with Crippen molar-refractivity contribution >= 4 is 22.7 Å². The normalized spacial score (nSPS) is 16.1. The van der Waals surface area contributed by atoms with E-state index < -0.39 is 0 Å². The Hall–Kier alpha value is -3.48. The molecule has 7 heteroatoms. The summed E-state index contributed by atoms with van der Waals surface area (Å²) in [7, 11) is 0. The molecule has 1 fully saturated rings. The number of amides is 2. The van der Waals surface area contributed by atoms with Crippen molar-refractivity contribution in [3.05, 3.63) is 75.3 Å². The lowest BCUT2D eigenvalue weighted by molar-refractivity contribution is -0.137. The zero-order chi connectivity index (χ0) is 23.5. The van der Waals surface area contributed by atoms with Gasteiger partial charge in [-0.2, -0.15) is 0 Å². The minimum atomic E-state index is -0.263. The highest BCUT2D eigenvalue weighted by atomic mass is 16.2. The van der Waals surface area contributed by atoms with E-state index in [0.29, 0.717) is 41.9 Å². The number of rotatable bonds is 5. The second-order valence-corrected chi connectivity index (χ2v) is 8.85. The Morgan fingerprint density at radius 2 is 1.88 bits per heavy atom. The second-order valence-electron chi connectivity index (χ2n) is 8.85. The fourth-order valence-corrected chi connectivity index (χ4v) is 4.64. The third-order valence-corrected chi connectivity index (χ3v) is 6.22. The number of hydrogen-bond donors (Lipinski definition) is 1. The fourth-order valence-electron chi connectivity index (χ4n) is 4.64. The summed E-state index contributed by atoms with van der Waals surface area (Å²) < 4.78 is 0. The second kappa shape index (κ2) is 9.57. The highest BCUT2D eigenvalue weighted by Gasteiger charge is 2.31. The quantitative estimate of drug-likeness (QED) is 0.651. The maximum Gasteiger partial charge on any atom is 0.258 e. The van der Waals surface area contributed by atoms with Crippen LogP contribution >= 0.6 is 0 Å². The number of fused-ring (bicyclic) bond motifs is 1. The van der Waals surface area contributed by atoms with Crippen LogP contribution in [0.1, 0.15) is 47.1 Å². The highest BCUT2D eigenvalue weighted by molar-refractivity contribution is 5.95. The van der Waals surface area contributed by atoms with Crippen LogP contribution in [0.15, 0.2) is 47.3 Å². The molecule has 0 aliphatic carbocycles. The zero-order valence-electron chi connectivity index (χ0n) is 19.4. The molecular weight excluding hydrogens is 416 g/mol. The van der Waals surface area contributed by atoms with Crippen molar-refractivity contribution in [3.8, 4) is 0 Å². The third kappa shape index (κ3) is 4.97. The molecule has 4 rings (SSSR count). The summed E-state index contributed by atoms with van der Waals surface area (Å²) >= 11 is 0. The summed E-state index contributed by atoms with van der Waals surface area (Å²) in [6.45, 7) is 7.67. The minimum absolute atomic E-state index is 0.00812. The van der Waals surface area contributed by atoms with Crippen molar-refractivity contribution in [2.45, 2.75) is 40.2 Å². The van der Waals surface area contributed by atoms with E-state index in [-0.39, 0.29) is 29.8 Å². The number of carbonyl (C=O) groups is 2. The molecule has 7 nitrogen and oxygen atoms in total. The van der Waals surface area contributed by atoms with Crippen molar-refractivity contribution in [1.29, 1.82) is 0 Å². The first-order valence-electron chi connectivity index (χ1n) is 11.5. The predicted octanol–water partition coefficient (Wildman–Crippen LogP) is 3.44. The fraction of sp³-hybridized carbons (Fsp3) is 0.385. The molecule has 0 bridgehead atoms. The van der Waals surface area contributed by atoms with Gasteiger partial charge in [0.05, 0.1) is 23.4 Å². The van der Waals surface area contributed by atoms with Gasteiger partial charge in [0.1, 0.15) is 5.82 Å². The first kappa shape index (κ1) is 22.7. The van der Waals surface area contributed by atoms with Crippen molar-refractivity contribution in [1.82, 2.24) is 19.8 Å². The topological polar surface area (TPSA) is 86.4 Å². The van der Waals surface area contributed by atoms with Crippen LogP contribution in [0.3, 0.4) is 0 Å². The maximum atomic E-state index is 13.4. The molecule has 2 heterocycles.